The molecule has 0 aliphatic heterocycles. The molecule has 0 aliphatic rings. The van der Waals surface area contributed by atoms with Gasteiger partial charge in [-0.15, -0.1) is 0 Å². The fraction of sp³-hybridized carbons (Fsp3) is 0.143. The summed E-state index contributed by atoms with van der Waals surface area (Å²) in [5, 5.41) is 3.33. The highest BCUT2D eigenvalue weighted by molar-refractivity contribution is 9.10. The third-order valence-corrected chi connectivity index (χ3v) is 3.99. The highest BCUT2D eigenvalue weighted by Crippen LogP contribution is 2.21. The van der Waals surface area contributed by atoms with Gasteiger partial charge in [-0.2, -0.15) is 0 Å². The Morgan fingerprint density at radius 1 is 1.30 bits per heavy atom. The number of amides is 1. The van der Waals surface area contributed by atoms with E-state index in [4.69, 9.17) is 23.2 Å². The molecule has 0 saturated heterocycles. The Kier molecular flexibility index (Phi) is 5.02. The maximum Gasteiger partial charge on any atom is 0.253 e. The normalized spacial score (nSPS) is 12.0. The van der Waals surface area contributed by atoms with Crippen molar-refractivity contribution in [1.29, 1.82) is 0 Å². The minimum Gasteiger partial charge on any atom is -0.345 e. The van der Waals surface area contributed by atoms with Crippen LogP contribution < -0.4 is 5.32 Å². The van der Waals surface area contributed by atoms with Crippen LogP contribution in [0.1, 0.15) is 28.9 Å². The molecule has 1 atom stereocenters. The number of nitrogens with zero attached hydrogens (tertiary/aromatic N) is 1. The van der Waals surface area contributed by atoms with E-state index in [1.165, 1.54) is 12.3 Å². The van der Waals surface area contributed by atoms with E-state index < -0.39 is 0 Å². The van der Waals surface area contributed by atoms with E-state index in [2.05, 4.69) is 26.2 Å². The van der Waals surface area contributed by atoms with Crippen LogP contribution in [0.5, 0.6) is 0 Å². The first-order valence-corrected chi connectivity index (χ1v) is 7.39. The number of benzene rings is 1. The summed E-state index contributed by atoms with van der Waals surface area (Å²) in [4.78, 5) is 16.0. The zero-order valence-electron chi connectivity index (χ0n) is 10.5. The van der Waals surface area contributed by atoms with Crippen molar-refractivity contribution in [2.45, 2.75) is 13.0 Å². The van der Waals surface area contributed by atoms with Gasteiger partial charge in [-0.25, -0.2) is 4.98 Å². The van der Waals surface area contributed by atoms with Crippen LogP contribution in [0.2, 0.25) is 10.2 Å². The molecule has 0 bridgehead atoms. The Morgan fingerprint density at radius 3 is 2.55 bits per heavy atom. The molecule has 0 unspecified atom stereocenters. The highest BCUT2D eigenvalue weighted by Gasteiger charge is 2.13. The average molecular weight is 374 g/mol. The van der Waals surface area contributed by atoms with Crippen LogP contribution in [0.4, 0.5) is 0 Å². The van der Waals surface area contributed by atoms with Crippen molar-refractivity contribution >= 4 is 45.0 Å². The van der Waals surface area contributed by atoms with Gasteiger partial charge in [-0.05, 0) is 30.7 Å². The van der Waals surface area contributed by atoms with Crippen molar-refractivity contribution in [2.24, 2.45) is 0 Å². The number of hydrogen-bond acceptors (Lipinski definition) is 2. The van der Waals surface area contributed by atoms with Crippen LogP contribution >= 0.6 is 39.1 Å². The van der Waals surface area contributed by atoms with Crippen LogP contribution in [0.3, 0.4) is 0 Å². The van der Waals surface area contributed by atoms with Crippen molar-refractivity contribution in [2.75, 3.05) is 0 Å². The average Bonchev–Trinajstić information content (AvgIpc) is 2.42. The molecule has 1 aromatic heterocycles. The first-order valence-electron chi connectivity index (χ1n) is 5.84. The molecule has 1 heterocycles. The molecule has 20 heavy (non-hydrogen) atoms. The van der Waals surface area contributed by atoms with Gasteiger partial charge >= 0.3 is 0 Å². The number of pyridine rings is 1. The summed E-state index contributed by atoms with van der Waals surface area (Å²) in [5.74, 6) is -0.244. The van der Waals surface area contributed by atoms with Gasteiger partial charge in [0.1, 0.15) is 5.15 Å². The van der Waals surface area contributed by atoms with E-state index in [1.54, 1.807) is 0 Å². The Morgan fingerprint density at radius 2 is 1.95 bits per heavy atom. The van der Waals surface area contributed by atoms with E-state index >= 15 is 0 Å². The molecule has 0 fully saturated rings. The summed E-state index contributed by atoms with van der Waals surface area (Å²) in [6, 6.07) is 9.13. The van der Waals surface area contributed by atoms with Gasteiger partial charge in [0.2, 0.25) is 0 Å². The predicted octanol–water partition coefficient (Wildman–Crippen LogP) is 4.64. The molecule has 1 amide bonds. The highest BCUT2D eigenvalue weighted by atomic mass is 79.9. The summed E-state index contributed by atoms with van der Waals surface area (Å²) in [6.45, 7) is 1.91. The van der Waals surface area contributed by atoms with Gasteiger partial charge in [0.15, 0.2) is 0 Å². The third kappa shape index (κ3) is 3.72. The molecule has 3 nitrogen and oxygen atoms in total. The maximum absolute atomic E-state index is 12.1. The first kappa shape index (κ1) is 15.3. The molecule has 2 rings (SSSR count). The zero-order valence-corrected chi connectivity index (χ0v) is 13.6. The Hall–Kier alpha value is -1.10. The largest absolute Gasteiger partial charge is 0.345 e. The lowest BCUT2D eigenvalue weighted by Crippen LogP contribution is -2.26. The molecular weight excluding hydrogens is 363 g/mol. The lowest BCUT2D eigenvalue weighted by atomic mass is 10.1. The van der Waals surface area contributed by atoms with E-state index in [0.717, 1.165) is 10.0 Å². The SMILES string of the molecule is C[C@H](NC(=O)c1cnc(Cl)c(Cl)c1)c1ccc(Br)cc1. The maximum atomic E-state index is 12.1. The van der Waals surface area contributed by atoms with E-state index in [0.29, 0.717) is 5.56 Å². The fourth-order valence-corrected chi connectivity index (χ4v) is 2.19. The second-order valence-electron chi connectivity index (χ2n) is 4.24. The molecule has 0 spiro atoms. The number of rotatable bonds is 3. The van der Waals surface area contributed by atoms with E-state index in [9.17, 15) is 4.79 Å². The second-order valence-corrected chi connectivity index (χ2v) is 5.92. The first-order chi connectivity index (χ1) is 9.47. The third-order valence-electron chi connectivity index (χ3n) is 2.78. The van der Waals surface area contributed by atoms with Crippen LogP contribution in [-0.4, -0.2) is 10.9 Å². The van der Waals surface area contributed by atoms with Crippen LogP contribution in [0.25, 0.3) is 0 Å². The molecule has 104 valence electrons. The number of halogens is 3. The smallest absolute Gasteiger partial charge is 0.253 e. The quantitative estimate of drug-likeness (QED) is 0.796. The lowest BCUT2D eigenvalue weighted by molar-refractivity contribution is 0.0939. The van der Waals surface area contributed by atoms with Crippen molar-refractivity contribution in [3.05, 3.63) is 62.3 Å². The number of nitrogens with one attached hydrogen (secondary N) is 1. The van der Waals surface area contributed by atoms with E-state index in [-0.39, 0.29) is 22.1 Å². The van der Waals surface area contributed by atoms with Crippen molar-refractivity contribution in [1.82, 2.24) is 10.3 Å². The van der Waals surface area contributed by atoms with Gasteiger partial charge < -0.3 is 5.32 Å². The molecule has 6 heteroatoms. The summed E-state index contributed by atoms with van der Waals surface area (Å²) in [5.41, 5.74) is 1.39. The van der Waals surface area contributed by atoms with Gasteiger partial charge in [0.25, 0.3) is 5.91 Å². The molecule has 1 aromatic carbocycles. The number of aromatic nitrogens is 1. The minimum absolute atomic E-state index is 0.120. The summed E-state index contributed by atoms with van der Waals surface area (Å²) < 4.78 is 0.994. The van der Waals surface area contributed by atoms with Crippen LogP contribution in [0.15, 0.2) is 41.0 Å². The Labute approximate surface area is 135 Å². The fourth-order valence-electron chi connectivity index (χ4n) is 1.66. The summed E-state index contributed by atoms with van der Waals surface area (Å²) >= 11 is 14.9. The van der Waals surface area contributed by atoms with Crippen LogP contribution in [0, 0.1) is 0 Å². The van der Waals surface area contributed by atoms with Crippen LogP contribution in [-0.2, 0) is 0 Å². The van der Waals surface area contributed by atoms with E-state index in [1.807, 2.05) is 31.2 Å². The molecule has 0 saturated carbocycles. The second kappa shape index (κ2) is 6.57. The molecule has 1 N–H and O–H groups in total. The van der Waals surface area contributed by atoms with Gasteiger partial charge in [0.05, 0.1) is 16.6 Å². The number of carbonyl (C=O) groups excluding carboxylic acids is 1. The lowest BCUT2D eigenvalue weighted by Gasteiger charge is -2.14. The minimum atomic E-state index is -0.244. The molecule has 0 radical (unpaired) electrons. The topological polar surface area (TPSA) is 42.0 Å². The predicted molar refractivity (Wildman–Crippen MR) is 84.3 cm³/mol. The number of hydrogen-bond donors (Lipinski definition) is 1. The van der Waals surface area contributed by atoms with Gasteiger partial charge in [-0.3, -0.25) is 4.79 Å². The van der Waals surface area contributed by atoms with Crippen molar-refractivity contribution in [3.8, 4) is 0 Å². The molecular formula is C14H11BrCl2N2O. The molecule has 0 aliphatic carbocycles. The summed E-state index contributed by atoms with van der Waals surface area (Å²) in [7, 11) is 0. The van der Waals surface area contributed by atoms with Crippen molar-refractivity contribution < 1.29 is 4.79 Å². The standard InChI is InChI=1S/C14H11BrCl2N2O/c1-8(9-2-4-11(15)5-3-9)19-14(20)10-6-12(16)13(17)18-7-10/h2-8H,1H3,(H,19,20)/t8-/m0/s1. The monoisotopic (exact) mass is 372 g/mol. The van der Waals surface area contributed by atoms with Crippen molar-refractivity contribution in [3.63, 3.8) is 0 Å². The molecule has 2 aromatic rings. The van der Waals surface area contributed by atoms with Gasteiger partial charge in [0, 0.05) is 10.7 Å². The summed E-state index contributed by atoms with van der Waals surface area (Å²) in [6.07, 6.45) is 1.40. The van der Waals surface area contributed by atoms with Gasteiger partial charge in [-0.1, -0.05) is 51.3 Å². The Bertz CT molecular complexity index is 632. The zero-order chi connectivity index (χ0) is 14.7. The Balaban J connectivity index is 2.10. The number of carbonyl (C=O) groups is 1.